The molecule has 2 amide bonds. The predicted molar refractivity (Wildman–Crippen MR) is 74.1 cm³/mol. The Morgan fingerprint density at radius 3 is 2.18 bits per heavy atom. The van der Waals surface area contributed by atoms with E-state index in [-0.39, 0.29) is 13.0 Å². The zero-order chi connectivity index (χ0) is 17.3. The fourth-order valence-electron chi connectivity index (χ4n) is 2.57. The monoisotopic (exact) mass is 324 g/mol. The van der Waals surface area contributed by atoms with Gasteiger partial charge in [0.15, 0.2) is 0 Å². The van der Waals surface area contributed by atoms with Crippen molar-refractivity contribution in [2.45, 2.75) is 52.4 Å². The van der Waals surface area contributed by atoms with Gasteiger partial charge in [0.2, 0.25) is 5.91 Å². The largest absolute Gasteiger partial charge is 0.453 e. The molecular formula is C14H23F3N2O3. The second kappa shape index (κ2) is 6.34. The van der Waals surface area contributed by atoms with Gasteiger partial charge in [0.25, 0.3) is 0 Å². The maximum Gasteiger partial charge on any atom is 0.407 e. The van der Waals surface area contributed by atoms with Gasteiger partial charge in [-0.25, -0.2) is 4.79 Å². The van der Waals surface area contributed by atoms with E-state index >= 15 is 0 Å². The number of carbonyl (C=O) groups excluding carboxylic acids is 2. The van der Waals surface area contributed by atoms with Crippen LogP contribution in [0.25, 0.3) is 0 Å². The van der Waals surface area contributed by atoms with Crippen LogP contribution in [0.2, 0.25) is 0 Å². The molecule has 1 heterocycles. The number of nitrogens with zero attached hydrogens (tertiary/aromatic N) is 1. The fourth-order valence-corrected chi connectivity index (χ4v) is 2.57. The van der Waals surface area contributed by atoms with Crippen molar-refractivity contribution in [1.29, 1.82) is 0 Å². The summed E-state index contributed by atoms with van der Waals surface area (Å²) in [6.07, 6.45) is -5.23. The summed E-state index contributed by atoms with van der Waals surface area (Å²) < 4.78 is 43.0. The van der Waals surface area contributed by atoms with Crippen LogP contribution in [0.4, 0.5) is 18.0 Å². The van der Waals surface area contributed by atoms with Gasteiger partial charge in [0.05, 0.1) is 13.0 Å². The molecule has 0 aromatic carbocycles. The molecule has 128 valence electrons. The van der Waals surface area contributed by atoms with E-state index in [1.165, 1.54) is 4.90 Å². The first-order chi connectivity index (χ1) is 9.87. The number of rotatable bonds is 2. The zero-order valence-electron chi connectivity index (χ0n) is 13.5. The third-order valence-corrected chi connectivity index (χ3v) is 3.88. The normalized spacial score (nSPS) is 24.1. The molecule has 8 heteroatoms. The minimum Gasteiger partial charge on any atom is -0.453 e. The molecule has 0 aromatic heterocycles. The number of halogens is 3. The molecule has 1 fully saturated rings. The third-order valence-electron chi connectivity index (χ3n) is 3.88. The fraction of sp³-hybridized carbons (Fsp3) is 0.857. The van der Waals surface area contributed by atoms with Crippen molar-refractivity contribution in [2.75, 3.05) is 13.7 Å². The SMILES string of the molecule is COC(=O)N[C@H](C(=O)N1C[C@H](C(F)(F)F)C[C@H]1C)C(C)(C)C. The molecular weight excluding hydrogens is 301 g/mol. The highest BCUT2D eigenvalue weighted by Crippen LogP contribution is 2.37. The van der Waals surface area contributed by atoms with Crippen LogP contribution >= 0.6 is 0 Å². The molecule has 5 nitrogen and oxygen atoms in total. The lowest BCUT2D eigenvalue weighted by atomic mass is 9.85. The summed E-state index contributed by atoms with van der Waals surface area (Å²) in [5.74, 6) is -2.04. The Bertz CT molecular complexity index is 432. The van der Waals surface area contributed by atoms with Gasteiger partial charge in [-0.2, -0.15) is 13.2 Å². The van der Waals surface area contributed by atoms with E-state index < -0.39 is 41.6 Å². The lowest BCUT2D eigenvalue weighted by Gasteiger charge is -2.34. The van der Waals surface area contributed by atoms with E-state index in [0.29, 0.717) is 0 Å². The molecule has 22 heavy (non-hydrogen) atoms. The molecule has 1 aliphatic heterocycles. The Morgan fingerprint density at radius 2 is 1.82 bits per heavy atom. The lowest BCUT2D eigenvalue weighted by Crippen LogP contribution is -2.55. The van der Waals surface area contributed by atoms with Crippen molar-refractivity contribution in [1.82, 2.24) is 10.2 Å². The molecule has 0 aliphatic carbocycles. The standard InChI is InChI=1S/C14H23F3N2O3/c1-8-6-9(14(15,16)17)7-19(8)11(20)10(13(2,3)4)18-12(21)22-5/h8-10H,6-7H2,1-5H3,(H,18,21)/t8-,9-,10-/m1/s1. The van der Waals surface area contributed by atoms with E-state index in [2.05, 4.69) is 10.1 Å². The van der Waals surface area contributed by atoms with Gasteiger partial charge in [-0.3, -0.25) is 4.79 Å². The van der Waals surface area contributed by atoms with Gasteiger partial charge in [-0.05, 0) is 18.8 Å². The number of alkyl carbamates (subject to hydrolysis) is 1. The second-order valence-electron chi connectivity index (χ2n) is 6.75. The number of alkyl halides is 3. The van der Waals surface area contributed by atoms with Crippen LogP contribution in [0.5, 0.6) is 0 Å². The minimum absolute atomic E-state index is 0.121. The van der Waals surface area contributed by atoms with E-state index in [1.807, 2.05) is 0 Å². The average molecular weight is 324 g/mol. The molecule has 0 spiro atoms. The number of carbonyl (C=O) groups is 2. The Labute approximate surface area is 128 Å². The number of likely N-dealkylation sites (tertiary alicyclic amines) is 1. The highest BCUT2D eigenvalue weighted by Gasteiger charge is 2.49. The predicted octanol–water partition coefficient (Wildman–Crippen LogP) is 2.56. The summed E-state index contributed by atoms with van der Waals surface area (Å²) in [7, 11) is 1.16. The van der Waals surface area contributed by atoms with Crippen LogP contribution in [0.15, 0.2) is 0 Å². The molecule has 1 aliphatic rings. The van der Waals surface area contributed by atoms with Crippen LogP contribution < -0.4 is 5.32 Å². The molecule has 1 rings (SSSR count). The highest BCUT2D eigenvalue weighted by molar-refractivity contribution is 5.86. The summed E-state index contributed by atoms with van der Waals surface area (Å²) >= 11 is 0. The van der Waals surface area contributed by atoms with Crippen LogP contribution in [0, 0.1) is 11.3 Å². The Kier molecular flexibility index (Phi) is 5.35. The third kappa shape index (κ3) is 4.27. The maximum atomic E-state index is 12.8. The van der Waals surface area contributed by atoms with Crippen molar-refractivity contribution in [3.8, 4) is 0 Å². The Hall–Kier alpha value is -1.47. The Balaban J connectivity index is 2.93. The Morgan fingerprint density at radius 1 is 1.27 bits per heavy atom. The molecule has 1 saturated heterocycles. The first-order valence-electron chi connectivity index (χ1n) is 7.09. The average Bonchev–Trinajstić information content (AvgIpc) is 2.75. The van der Waals surface area contributed by atoms with E-state index in [0.717, 1.165) is 7.11 Å². The molecule has 3 atom stereocenters. The number of hydrogen-bond donors (Lipinski definition) is 1. The molecule has 0 bridgehead atoms. The van der Waals surface area contributed by atoms with E-state index in [9.17, 15) is 22.8 Å². The first kappa shape index (κ1) is 18.6. The van der Waals surface area contributed by atoms with Gasteiger partial charge in [-0.15, -0.1) is 0 Å². The number of nitrogens with one attached hydrogen (secondary N) is 1. The molecule has 0 unspecified atom stereocenters. The zero-order valence-corrected chi connectivity index (χ0v) is 13.5. The summed E-state index contributed by atoms with van der Waals surface area (Å²) in [4.78, 5) is 25.2. The van der Waals surface area contributed by atoms with E-state index in [1.54, 1.807) is 27.7 Å². The summed E-state index contributed by atoms with van der Waals surface area (Å²) in [6, 6.07) is -1.47. The van der Waals surface area contributed by atoms with Gasteiger partial charge in [-0.1, -0.05) is 20.8 Å². The summed E-state index contributed by atoms with van der Waals surface area (Å²) in [5, 5.41) is 2.42. The first-order valence-corrected chi connectivity index (χ1v) is 7.09. The van der Waals surface area contributed by atoms with Crippen molar-refractivity contribution >= 4 is 12.0 Å². The second-order valence-corrected chi connectivity index (χ2v) is 6.75. The molecule has 1 N–H and O–H groups in total. The minimum atomic E-state index is -4.32. The van der Waals surface area contributed by atoms with Crippen molar-refractivity contribution in [3.05, 3.63) is 0 Å². The van der Waals surface area contributed by atoms with E-state index in [4.69, 9.17) is 0 Å². The van der Waals surface area contributed by atoms with Crippen LogP contribution in [0.1, 0.15) is 34.1 Å². The maximum absolute atomic E-state index is 12.8. The van der Waals surface area contributed by atoms with Crippen LogP contribution in [-0.4, -0.2) is 48.8 Å². The summed E-state index contributed by atoms with van der Waals surface area (Å²) in [6.45, 7) is 6.40. The number of amides is 2. The lowest BCUT2D eigenvalue weighted by molar-refractivity contribution is -0.171. The number of methoxy groups -OCH3 is 1. The smallest absolute Gasteiger partial charge is 0.407 e. The van der Waals surface area contributed by atoms with Crippen molar-refractivity contribution in [3.63, 3.8) is 0 Å². The van der Waals surface area contributed by atoms with Crippen LogP contribution in [-0.2, 0) is 9.53 Å². The molecule has 0 radical (unpaired) electrons. The number of ether oxygens (including phenoxy) is 1. The molecule has 0 saturated carbocycles. The van der Waals surface area contributed by atoms with Crippen molar-refractivity contribution < 1.29 is 27.5 Å². The molecule has 0 aromatic rings. The van der Waals surface area contributed by atoms with Gasteiger partial charge in [0.1, 0.15) is 6.04 Å². The highest BCUT2D eigenvalue weighted by atomic mass is 19.4. The van der Waals surface area contributed by atoms with Crippen molar-refractivity contribution in [2.24, 2.45) is 11.3 Å². The van der Waals surface area contributed by atoms with Crippen LogP contribution in [0.3, 0.4) is 0 Å². The van der Waals surface area contributed by atoms with Gasteiger partial charge >= 0.3 is 12.3 Å². The summed E-state index contributed by atoms with van der Waals surface area (Å²) in [5.41, 5.74) is -0.651. The number of hydrogen-bond acceptors (Lipinski definition) is 3. The quantitative estimate of drug-likeness (QED) is 0.849. The topological polar surface area (TPSA) is 58.6 Å². The van der Waals surface area contributed by atoms with Gasteiger partial charge in [0, 0.05) is 12.6 Å². The van der Waals surface area contributed by atoms with Gasteiger partial charge < -0.3 is 15.0 Å².